The number of nitrogens with zero attached hydrogens (tertiary/aromatic N) is 2. The second kappa shape index (κ2) is 5.97. The van der Waals surface area contributed by atoms with E-state index in [1.165, 1.54) is 11.1 Å². The van der Waals surface area contributed by atoms with Crippen molar-refractivity contribution in [3.63, 3.8) is 0 Å². The molecule has 2 heteroatoms. The van der Waals surface area contributed by atoms with Crippen molar-refractivity contribution in [3.8, 4) is 6.07 Å². The maximum atomic E-state index is 9.26. The number of pyridine rings is 1. The van der Waals surface area contributed by atoms with Gasteiger partial charge in [0.05, 0.1) is 11.6 Å². The molecule has 1 aromatic heterocycles. The van der Waals surface area contributed by atoms with Gasteiger partial charge < -0.3 is 0 Å². The Balaban J connectivity index is 2.39. The Morgan fingerprint density at radius 2 is 2.21 bits per heavy atom. The summed E-state index contributed by atoms with van der Waals surface area (Å²) >= 11 is 0. The van der Waals surface area contributed by atoms with E-state index in [4.69, 9.17) is 0 Å². The number of rotatable bonds is 3. The van der Waals surface area contributed by atoms with E-state index in [2.05, 4.69) is 43.1 Å². The summed E-state index contributed by atoms with van der Waals surface area (Å²) in [6, 6.07) is 12.3. The van der Waals surface area contributed by atoms with Crippen molar-refractivity contribution in [2.45, 2.75) is 20.3 Å². The lowest BCUT2D eigenvalue weighted by molar-refractivity contribution is 1.11. The van der Waals surface area contributed by atoms with E-state index >= 15 is 0 Å². The number of hydrogen-bond acceptors (Lipinski definition) is 2. The molecule has 0 radical (unpaired) electrons. The summed E-state index contributed by atoms with van der Waals surface area (Å²) in [7, 11) is 0. The molecule has 2 aromatic rings. The molecular weight excluding hydrogens is 232 g/mol. The molecule has 2 rings (SSSR count). The molecule has 0 saturated heterocycles. The molecule has 94 valence electrons. The van der Waals surface area contributed by atoms with Crippen molar-refractivity contribution in [1.82, 2.24) is 4.98 Å². The number of benzene rings is 1. The van der Waals surface area contributed by atoms with Gasteiger partial charge in [0.15, 0.2) is 0 Å². The number of nitriles is 1. The average molecular weight is 248 g/mol. The second-order valence-corrected chi connectivity index (χ2v) is 4.45. The third kappa shape index (κ3) is 3.08. The fourth-order valence-electron chi connectivity index (χ4n) is 2.07. The summed E-state index contributed by atoms with van der Waals surface area (Å²) in [4.78, 5) is 4.05. The van der Waals surface area contributed by atoms with Gasteiger partial charge in [-0.3, -0.25) is 4.98 Å². The van der Waals surface area contributed by atoms with Crippen LogP contribution in [0, 0.1) is 18.3 Å². The van der Waals surface area contributed by atoms with E-state index < -0.39 is 0 Å². The van der Waals surface area contributed by atoms with Crippen molar-refractivity contribution in [2.24, 2.45) is 0 Å². The summed E-state index contributed by atoms with van der Waals surface area (Å²) in [5.41, 5.74) is 5.14. The maximum Gasteiger partial charge on any atom is 0.0998 e. The summed E-state index contributed by atoms with van der Waals surface area (Å²) in [6.45, 7) is 4.25. The van der Waals surface area contributed by atoms with Crippen molar-refractivity contribution >= 4 is 11.6 Å². The van der Waals surface area contributed by atoms with Crippen LogP contribution in [-0.2, 0) is 6.42 Å². The predicted molar refractivity (Wildman–Crippen MR) is 78.3 cm³/mol. The van der Waals surface area contributed by atoms with Crippen LogP contribution in [0.3, 0.4) is 0 Å². The molecule has 0 N–H and O–H groups in total. The minimum atomic E-state index is 0.636. The molecule has 0 aliphatic rings. The van der Waals surface area contributed by atoms with Crippen LogP contribution in [0.5, 0.6) is 0 Å². The fraction of sp³-hybridized carbons (Fsp3) is 0.176. The molecule has 0 amide bonds. The Morgan fingerprint density at radius 3 is 2.79 bits per heavy atom. The maximum absolute atomic E-state index is 9.26. The highest BCUT2D eigenvalue weighted by Crippen LogP contribution is 2.19. The summed E-state index contributed by atoms with van der Waals surface area (Å²) in [6.07, 6.45) is 6.36. The van der Waals surface area contributed by atoms with Gasteiger partial charge in [0.2, 0.25) is 0 Å². The highest BCUT2D eigenvalue weighted by molar-refractivity contribution is 5.89. The van der Waals surface area contributed by atoms with Crippen LogP contribution in [0.25, 0.3) is 11.6 Å². The predicted octanol–water partition coefficient (Wildman–Crippen LogP) is 4.02. The molecule has 0 unspecified atom stereocenters. The molecule has 0 atom stereocenters. The Hall–Kier alpha value is -2.40. The van der Waals surface area contributed by atoms with E-state index in [1.807, 2.05) is 18.2 Å². The quantitative estimate of drug-likeness (QED) is 0.769. The molecule has 0 aliphatic heterocycles. The van der Waals surface area contributed by atoms with Crippen LogP contribution in [0.2, 0.25) is 0 Å². The molecule has 0 saturated carbocycles. The lowest BCUT2D eigenvalue weighted by Gasteiger charge is -2.04. The zero-order valence-corrected chi connectivity index (χ0v) is 11.2. The molecule has 19 heavy (non-hydrogen) atoms. The van der Waals surface area contributed by atoms with Gasteiger partial charge in [-0.1, -0.05) is 31.2 Å². The molecule has 2 nitrogen and oxygen atoms in total. The van der Waals surface area contributed by atoms with Crippen LogP contribution < -0.4 is 0 Å². The van der Waals surface area contributed by atoms with E-state index in [0.717, 1.165) is 17.5 Å². The highest BCUT2D eigenvalue weighted by Gasteiger charge is 2.02. The minimum absolute atomic E-state index is 0.636. The van der Waals surface area contributed by atoms with Gasteiger partial charge in [0.1, 0.15) is 0 Å². The monoisotopic (exact) mass is 248 g/mol. The van der Waals surface area contributed by atoms with E-state index in [0.29, 0.717) is 5.57 Å². The van der Waals surface area contributed by atoms with Gasteiger partial charge >= 0.3 is 0 Å². The van der Waals surface area contributed by atoms with Crippen molar-refractivity contribution in [1.29, 1.82) is 5.26 Å². The standard InChI is InChI=1S/C17H16N2/c1-3-15-7-6-14(9-13(15)2)10-17(11-18)16-5-4-8-19-12-16/h4-10,12H,3H2,1-2H3/b17-10+. The van der Waals surface area contributed by atoms with E-state index in [9.17, 15) is 5.26 Å². The van der Waals surface area contributed by atoms with Crippen LogP contribution in [0.4, 0.5) is 0 Å². The zero-order valence-electron chi connectivity index (χ0n) is 11.2. The highest BCUT2D eigenvalue weighted by atomic mass is 14.6. The smallest absolute Gasteiger partial charge is 0.0998 e. The molecule has 0 spiro atoms. The van der Waals surface area contributed by atoms with Gasteiger partial charge in [-0.05, 0) is 42.2 Å². The minimum Gasteiger partial charge on any atom is -0.264 e. The van der Waals surface area contributed by atoms with Crippen molar-refractivity contribution in [3.05, 3.63) is 65.0 Å². The first-order chi connectivity index (χ1) is 9.24. The summed E-state index contributed by atoms with van der Waals surface area (Å²) in [5, 5.41) is 9.26. The molecule has 1 aromatic carbocycles. The van der Waals surface area contributed by atoms with Crippen LogP contribution in [0.1, 0.15) is 29.2 Å². The zero-order chi connectivity index (χ0) is 13.7. The third-order valence-electron chi connectivity index (χ3n) is 3.15. The first-order valence-electron chi connectivity index (χ1n) is 6.36. The Kier molecular flexibility index (Phi) is 4.10. The van der Waals surface area contributed by atoms with E-state index in [1.54, 1.807) is 12.4 Å². The van der Waals surface area contributed by atoms with Gasteiger partial charge in [-0.2, -0.15) is 5.26 Å². The van der Waals surface area contributed by atoms with Gasteiger partial charge in [0, 0.05) is 18.0 Å². The Morgan fingerprint density at radius 1 is 1.37 bits per heavy atom. The second-order valence-electron chi connectivity index (χ2n) is 4.45. The fourth-order valence-corrected chi connectivity index (χ4v) is 2.07. The van der Waals surface area contributed by atoms with Crippen LogP contribution in [-0.4, -0.2) is 4.98 Å². The lowest BCUT2D eigenvalue weighted by atomic mass is 10.0. The van der Waals surface area contributed by atoms with Gasteiger partial charge in [-0.15, -0.1) is 0 Å². The van der Waals surface area contributed by atoms with Gasteiger partial charge in [0.25, 0.3) is 0 Å². The third-order valence-corrected chi connectivity index (χ3v) is 3.15. The van der Waals surface area contributed by atoms with Crippen molar-refractivity contribution < 1.29 is 0 Å². The number of aryl methyl sites for hydroxylation is 2. The summed E-state index contributed by atoms with van der Waals surface area (Å²) < 4.78 is 0. The van der Waals surface area contributed by atoms with Crippen molar-refractivity contribution in [2.75, 3.05) is 0 Å². The first kappa shape index (κ1) is 13.0. The van der Waals surface area contributed by atoms with E-state index in [-0.39, 0.29) is 0 Å². The molecule has 0 fully saturated rings. The molecule has 0 bridgehead atoms. The average Bonchev–Trinajstić information content (AvgIpc) is 2.46. The largest absolute Gasteiger partial charge is 0.264 e. The number of allylic oxidation sites excluding steroid dienone is 1. The van der Waals surface area contributed by atoms with Crippen LogP contribution in [0.15, 0.2) is 42.7 Å². The number of hydrogen-bond donors (Lipinski definition) is 0. The molecular formula is C17H16N2. The normalized spacial score (nSPS) is 11.1. The Bertz CT molecular complexity index is 634. The van der Waals surface area contributed by atoms with Crippen LogP contribution >= 0.6 is 0 Å². The molecule has 0 aliphatic carbocycles. The molecule has 1 heterocycles. The SMILES string of the molecule is CCc1ccc(/C=C(\C#N)c2cccnc2)cc1C. The topological polar surface area (TPSA) is 36.7 Å². The first-order valence-corrected chi connectivity index (χ1v) is 6.36. The summed E-state index contributed by atoms with van der Waals surface area (Å²) in [5.74, 6) is 0. The lowest BCUT2D eigenvalue weighted by Crippen LogP contribution is -1.88. The van der Waals surface area contributed by atoms with Gasteiger partial charge in [-0.25, -0.2) is 0 Å². The Labute approximate surface area is 114 Å². The number of aromatic nitrogens is 1.